The first-order valence-electron chi connectivity index (χ1n) is 8.52. The lowest BCUT2D eigenvalue weighted by Crippen LogP contribution is -2.37. The molecule has 7 heteroatoms. The number of aliphatic hydroxyl groups excluding tert-OH is 1. The number of fused-ring (bicyclic) bond motifs is 1. The SMILES string of the molecule is OC(Cc1ccccc1)Cn1cnc2c(N3CCOCC3)ncnc21. The molecular formula is C18H21N5O2. The van der Waals surface area contributed by atoms with Crippen LogP contribution in [0.3, 0.4) is 0 Å². The first kappa shape index (κ1) is 16.0. The van der Waals surface area contributed by atoms with Gasteiger partial charge in [-0.25, -0.2) is 15.0 Å². The summed E-state index contributed by atoms with van der Waals surface area (Å²) in [5.41, 5.74) is 2.64. The lowest BCUT2D eigenvalue weighted by atomic mass is 10.1. The molecule has 25 heavy (non-hydrogen) atoms. The first-order valence-corrected chi connectivity index (χ1v) is 8.52. The van der Waals surface area contributed by atoms with Gasteiger partial charge in [0.05, 0.1) is 32.2 Å². The van der Waals surface area contributed by atoms with Crippen molar-refractivity contribution in [2.24, 2.45) is 0 Å². The highest BCUT2D eigenvalue weighted by molar-refractivity contribution is 5.83. The fourth-order valence-electron chi connectivity index (χ4n) is 3.19. The quantitative estimate of drug-likeness (QED) is 0.754. The van der Waals surface area contributed by atoms with E-state index in [1.807, 2.05) is 34.9 Å². The molecule has 0 saturated carbocycles. The lowest BCUT2D eigenvalue weighted by Gasteiger charge is -2.27. The van der Waals surface area contributed by atoms with Gasteiger partial charge in [-0.2, -0.15) is 0 Å². The van der Waals surface area contributed by atoms with E-state index in [1.54, 1.807) is 12.7 Å². The highest BCUT2D eigenvalue weighted by Gasteiger charge is 2.19. The van der Waals surface area contributed by atoms with Crippen molar-refractivity contribution in [3.63, 3.8) is 0 Å². The van der Waals surface area contributed by atoms with Crippen LogP contribution in [0.15, 0.2) is 43.0 Å². The average Bonchev–Trinajstić information content (AvgIpc) is 3.06. The molecule has 130 valence electrons. The minimum absolute atomic E-state index is 0.449. The Morgan fingerprint density at radius 2 is 1.88 bits per heavy atom. The Morgan fingerprint density at radius 1 is 1.08 bits per heavy atom. The number of imidazole rings is 1. The van der Waals surface area contributed by atoms with Gasteiger partial charge in [-0.05, 0) is 5.56 Å². The molecule has 0 spiro atoms. The highest BCUT2D eigenvalue weighted by atomic mass is 16.5. The summed E-state index contributed by atoms with van der Waals surface area (Å²) in [6, 6.07) is 9.98. The molecule has 0 radical (unpaired) electrons. The highest BCUT2D eigenvalue weighted by Crippen LogP contribution is 2.22. The third kappa shape index (κ3) is 3.47. The van der Waals surface area contributed by atoms with Gasteiger partial charge in [0.25, 0.3) is 0 Å². The summed E-state index contributed by atoms with van der Waals surface area (Å²) in [4.78, 5) is 15.5. The standard InChI is InChI=1S/C18H21N5O2/c24-15(10-14-4-2-1-3-5-14)11-23-13-21-16-17(19-12-20-18(16)23)22-6-8-25-9-7-22/h1-5,12-13,15,24H,6-11H2. The van der Waals surface area contributed by atoms with Crippen LogP contribution in [-0.2, 0) is 17.7 Å². The van der Waals surface area contributed by atoms with E-state index >= 15 is 0 Å². The molecule has 0 aliphatic carbocycles. The van der Waals surface area contributed by atoms with Crippen molar-refractivity contribution in [3.05, 3.63) is 48.5 Å². The van der Waals surface area contributed by atoms with Crippen molar-refractivity contribution < 1.29 is 9.84 Å². The number of benzene rings is 1. The largest absolute Gasteiger partial charge is 0.391 e. The Hall–Kier alpha value is -2.51. The smallest absolute Gasteiger partial charge is 0.165 e. The van der Waals surface area contributed by atoms with Crippen LogP contribution in [-0.4, -0.2) is 57.0 Å². The van der Waals surface area contributed by atoms with E-state index in [1.165, 1.54) is 0 Å². The van der Waals surface area contributed by atoms with Crippen LogP contribution in [0.25, 0.3) is 11.2 Å². The second-order valence-corrected chi connectivity index (χ2v) is 6.21. The topological polar surface area (TPSA) is 76.3 Å². The molecule has 1 fully saturated rings. The second kappa shape index (κ2) is 7.16. The Balaban J connectivity index is 1.54. The molecule has 1 saturated heterocycles. The minimum atomic E-state index is -0.499. The van der Waals surface area contributed by atoms with Crippen molar-refractivity contribution >= 4 is 17.0 Å². The van der Waals surface area contributed by atoms with Crippen molar-refractivity contribution in [1.82, 2.24) is 19.5 Å². The molecule has 1 atom stereocenters. The van der Waals surface area contributed by atoms with E-state index in [0.29, 0.717) is 26.2 Å². The normalized spacial score (nSPS) is 16.3. The Bertz CT molecular complexity index is 830. The van der Waals surface area contributed by atoms with Crippen LogP contribution < -0.4 is 4.90 Å². The Kier molecular flexibility index (Phi) is 4.58. The van der Waals surface area contributed by atoms with Gasteiger partial charge < -0.3 is 19.3 Å². The van der Waals surface area contributed by atoms with E-state index < -0.39 is 6.10 Å². The Morgan fingerprint density at radius 3 is 2.68 bits per heavy atom. The van der Waals surface area contributed by atoms with Gasteiger partial charge in [-0.1, -0.05) is 30.3 Å². The number of morpholine rings is 1. The number of rotatable bonds is 5. The van der Waals surface area contributed by atoms with Gasteiger partial charge in [0, 0.05) is 19.5 Å². The van der Waals surface area contributed by atoms with Crippen molar-refractivity contribution in [3.8, 4) is 0 Å². The van der Waals surface area contributed by atoms with E-state index in [9.17, 15) is 5.11 Å². The van der Waals surface area contributed by atoms with Gasteiger partial charge in [-0.3, -0.25) is 0 Å². The van der Waals surface area contributed by atoms with Gasteiger partial charge in [0.2, 0.25) is 0 Å². The number of ether oxygens (including phenoxy) is 1. The van der Waals surface area contributed by atoms with Gasteiger partial charge in [-0.15, -0.1) is 0 Å². The number of nitrogens with zero attached hydrogens (tertiary/aromatic N) is 5. The number of hydrogen-bond acceptors (Lipinski definition) is 6. The van der Waals surface area contributed by atoms with Gasteiger partial charge in [0.15, 0.2) is 17.0 Å². The second-order valence-electron chi connectivity index (χ2n) is 6.21. The van der Waals surface area contributed by atoms with E-state index in [4.69, 9.17) is 4.74 Å². The maximum Gasteiger partial charge on any atom is 0.165 e. The third-order valence-corrected chi connectivity index (χ3v) is 4.41. The third-order valence-electron chi connectivity index (χ3n) is 4.41. The van der Waals surface area contributed by atoms with Crippen LogP contribution >= 0.6 is 0 Å². The molecule has 1 N–H and O–H groups in total. The first-order chi connectivity index (χ1) is 12.3. The fraction of sp³-hybridized carbons (Fsp3) is 0.389. The summed E-state index contributed by atoms with van der Waals surface area (Å²) >= 11 is 0. The molecule has 1 aliphatic rings. The van der Waals surface area contributed by atoms with Crippen LogP contribution in [0, 0.1) is 0 Å². The van der Waals surface area contributed by atoms with Crippen LogP contribution in [0.5, 0.6) is 0 Å². The predicted molar refractivity (Wildman–Crippen MR) is 94.5 cm³/mol. The van der Waals surface area contributed by atoms with Gasteiger partial charge >= 0.3 is 0 Å². The zero-order chi connectivity index (χ0) is 17.1. The van der Waals surface area contributed by atoms with E-state index in [2.05, 4.69) is 19.9 Å². The van der Waals surface area contributed by atoms with Crippen molar-refractivity contribution in [2.45, 2.75) is 19.1 Å². The Labute approximate surface area is 145 Å². The lowest BCUT2D eigenvalue weighted by molar-refractivity contribution is 0.122. The van der Waals surface area contributed by atoms with Crippen LogP contribution in [0.4, 0.5) is 5.82 Å². The van der Waals surface area contributed by atoms with E-state index in [-0.39, 0.29) is 0 Å². The van der Waals surface area contributed by atoms with Crippen molar-refractivity contribution in [2.75, 3.05) is 31.2 Å². The molecule has 7 nitrogen and oxygen atoms in total. The molecule has 3 aromatic rings. The molecule has 2 aromatic heterocycles. The minimum Gasteiger partial charge on any atom is -0.391 e. The summed E-state index contributed by atoms with van der Waals surface area (Å²) in [6.45, 7) is 3.44. The summed E-state index contributed by atoms with van der Waals surface area (Å²) in [5, 5.41) is 10.4. The predicted octanol–water partition coefficient (Wildman–Crippen LogP) is 1.27. The van der Waals surface area contributed by atoms with E-state index in [0.717, 1.165) is 35.6 Å². The zero-order valence-electron chi connectivity index (χ0n) is 14.0. The van der Waals surface area contributed by atoms with Crippen molar-refractivity contribution in [1.29, 1.82) is 0 Å². The molecule has 4 rings (SSSR count). The number of aromatic nitrogens is 4. The van der Waals surface area contributed by atoms with Crippen LogP contribution in [0.2, 0.25) is 0 Å². The number of anilines is 1. The molecule has 3 heterocycles. The van der Waals surface area contributed by atoms with Gasteiger partial charge in [0.1, 0.15) is 6.33 Å². The summed E-state index contributed by atoms with van der Waals surface area (Å²) in [5.74, 6) is 0.838. The molecular weight excluding hydrogens is 318 g/mol. The molecule has 1 aliphatic heterocycles. The molecule has 1 unspecified atom stereocenters. The maximum atomic E-state index is 10.4. The number of hydrogen-bond donors (Lipinski definition) is 1. The molecule has 0 bridgehead atoms. The molecule has 1 aromatic carbocycles. The fourth-order valence-corrected chi connectivity index (χ4v) is 3.19. The maximum absolute atomic E-state index is 10.4. The van der Waals surface area contributed by atoms with Crippen LogP contribution in [0.1, 0.15) is 5.56 Å². The summed E-state index contributed by atoms with van der Waals surface area (Å²) < 4.78 is 7.30. The average molecular weight is 339 g/mol. The number of aliphatic hydroxyl groups is 1. The monoisotopic (exact) mass is 339 g/mol. The zero-order valence-corrected chi connectivity index (χ0v) is 14.0. The molecule has 0 amide bonds. The summed E-state index contributed by atoms with van der Waals surface area (Å²) in [6.07, 6.45) is 3.40. The summed E-state index contributed by atoms with van der Waals surface area (Å²) in [7, 11) is 0.